The number of aryl methyl sites for hydroxylation is 1. The fourth-order valence-electron chi connectivity index (χ4n) is 3.25. The number of amides is 1. The van der Waals surface area contributed by atoms with Crippen molar-refractivity contribution in [3.8, 4) is 0 Å². The molecule has 6 nitrogen and oxygen atoms in total. The summed E-state index contributed by atoms with van der Waals surface area (Å²) in [6.45, 7) is 3.08. The monoisotopic (exact) mass is 345 g/mol. The van der Waals surface area contributed by atoms with Crippen LogP contribution in [0.3, 0.4) is 0 Å². The van der Waals surface area contributed by atoms with Crippen LogP contribution in [0.4, 0.5) is 4.39 Å². The molecule has 1 aromatic carbocycles. The van der Waals surface area contributed by atoms with Crippen molar-refractivity contribution in [2.24, 2.45) is 0 Å². The Balaban J connectivity index is 1.61. The number of benzene rings is 1. The molecular weight excluding hydrogens is 321 g/mol. The fraction of sp³-hybridized carbons (Fsp3) is 0.500. The first-order valence-corrected chi connectivity index (χ1v) is 8.85. The molecule has 1 unspecified atom stereocenters. The van der Waals surface area contributed by atoms with Crippen molar-refractivity contribution < 1.29 is 9.18 Å². The zero-order valence-corrected chi connectivity index (χ0v) is 14.3. The first-order chi connectivity index (χ1) is 12.2. The van der Waals surface area contributed by atoms with Gasteiger partial charge in [0.25, 0.3) is 0 Å². The van der Waals surface area contributed by atoms with Gasteiger partial charge in [0.15, 0.2) is 0 Å². The number of nitrogens with one attached hydrogen (secondary N) is 1. The number of carbonyl (C=O) groups is 1. The lowest BCUT2D eigenvalue weighted by Crippen LogP contribution is -2.43. The molecule has 7 heteroatoms. The molecule has 1 aromatic heterocycles. The van der Waals surface area contributed by atoms with Gasteiger partial charge < -0.3 is 5.32 Å². The van der Waals surface area contributed by atoms with Crippen LogP contribution in [0, 0.1) is 5.82 Å². The maximum absolute atomic E-state index is 13.2. The summed E-state index contributed by atoms with van der Waals surface area (Å²) in [5.41, 5.74) is 0.845. The fourth-order valence-corrected chi connectivity index (χ4v) is 3.25. The molecule has 1 fully saturated rings. The number of hydrogen-bond acceptors (Lipinski definition) is 4. The molecule has 3 rings (SSSR count). The van der Waals surface area contributed by atoms with E-state index in [-0.39, 0.29) is 17.8 Å². The Labute approximate surface area is 147 Å². The van der Waals surface area contributed by atoms with E-state index in [9.17, 15) is 9.18 Å². The third-order valence-electron chi connectivity index (χ3n) is 4.53. The molecule has 1 N–H and O–H groups in total. The predicted octanol–water partition coefficient (Wildman–Crippen LogP) is 2.15. The van der Waals surface area contributed by atoms with E-state index in [1.165, 1.54) is 18.6 Å². The summed E-state index contributed by atoms with van der Waals surface area (Å²) >= 11 is 0. The van der Waals surface area contributed by atoms with E-state index in [0.29, 0.717) is 13.1 Å². The van der Waals surface area contributed by atoms with Gasteiger partial charge in [0.1, 0.15) is 11.9 Å². The molecule has 2 heterocycles. The zero-order valence-electron chi connectivity index (χ0n) is 14.3. The van der Waals surface area contributed by atoms with Crippen LogP contribution in [0.1, 0.15) is 37.3 Å². The van der Waals surface area contributed by atoms with Crippen LogP contribution >= 0.6 is 0 Å². The SMILES string of the molecule is O=C(NCCCn1ccnn1)C(c1ccc(F)cc1)N1CCCCC1. The number of nitrogens with zero attached hydrogens (tertiary/aromatic N) is 4. The first-order valence-electron chi connectivity index (χ1n) is 8.85. The van der Waals surface area contributed by atoms with Crippen LogP contribution in [0.5, 0.6) is 0 Å². The minimum absolute atomic E-state index is 0.0212. The lowest BCUT2D eigenvalue weighted by Gasteiger charge is -2.34. The van der Waals surface area contributed by atoms with Crippen molar-refractivity contribution in [1.82, 2.24) is 25.2 Å². The normalized spacial score (nSPS) is 16.5. The summed E-state index contributed by atoms with van der Waals surface area (Å²) in [5, 5.41) is 10.7. The van der Waals surface area contributed by atoms with Crippen molar-refractivity contribution in [3.63, 3.8) is 0 Å². The molecule has 25 heavy (non-hydrogen) atoms. The van der Waals surface area contributed by atoms with Gasteiger partial charge in [0.05, 0.1) is 6.20 Å². The number of piperidine rings is 1. The summed E-state index contributed by atoms with van der Waals surface area (Å²) in [6.07, 6.45) is 7.61. The average Bonchev–Trinajstić information content (AvgIpc) is 3.15. The number of likely N-dealkylation sites (tertiary alicyclic amines) is 1. The second-order valence-corrected chi connectivity index (χ2v) is 6.36. The van der Waals surface area contributed by atoms with Crippen molar-refractivity contribution in [3.05, 3.63) is 48.0 Å². The number of rotatable bonds is 7. The first kappa shape index (κ1) is 17.5. The second kappa shape index (κ2) is 8.71. The number of halogens is 1. The van der Waals surface area contributed by atoms with E-state index >= 15 is 0 Å². The third-order valence-corrected chi connectivity index (χ3v) is 4.53. The highest BCUT2D eigenvalue weighted by Crippen LogP contribution is 2.25. The van der Waals surface area contributed by atoms with Crippen LogP contribution in [-0.2, 0) is 11.3 Å². The smallest absolute Gasteiger partial charge is 0.241 e. The van der Waals surface area contributed by atoms with Gasteiger partial charge in [-0.15, -0.1) is 5.10 Å². The molecule has 0 saturated carbocycles. The highest BCUT2D eigenvalue weighted by molar-refractivity contribution is 5.83. The topological polar surface area (TPSA) is 63.1 Å². The van der Waals surface area contributed by atoms with Crippen molar-refractivity contribution >= 4 is 5.91 Å². The molecule has 0 bridgehead atoms. The van der Waals surface area contributed by atoms with Crippen molar-refractivity contribution in [2.75, 3.05) is 19.6 Å². The Morgan fingerprint density at radius 2 is 1.96 bits per heavy atom. The Kier molecular flexibility index (Phi) is 6.11. The standard InChI is InChI=1S/C18H24FN5O/c19-16-7-5-15(6-8-16)17(23-11-2-1-3-12-23)18(25)20-9-4-13-24-14-10-21-22-24/h5-8,10,14,17H,1-4,9,11-13H2,(H,20,25). The van der Waals surface area contributed by atoms with Gasteiger partial charge in [-0.05, 0) is 50.0 Å². The van der Waals surface area contributed by atoms with E-state index in [4.69, 9.17) is 0 Å². The minimum atomic E-state index is -0.354. The summed E-state index contributed by atoms with van der Waals surface area (Å²) in [6, 6.07) is 5.91. The molecule has 1 saturated heterocycles. The van der Waals surface area contributed by atoms with Crippen LogP contribution in [0.25, 0.3) is 0 Å². The molecule has 1 aliphatic heterocycles. The quantitative estimate of drug-likeness (QED) is 0.781. The van der Waals surface area contributed by atoms with Crippen molar-refractivity contribution in [1.29, 1.82) is 0 Å². The largest absolute Gasteiger partial charge is 0.354 e. The molecule has 0 spiro atoms. The highest BCUT2D eigenvalue weighted by atomic mass is 19.1. The number of aromatic nitrogens is 3. The Bertz CT molecular complexity index is 653. The zero-order chi connectivity index (χ0) is 17.5. The molecule has 1 aliphatic rings. The Hall–Kier alpha value is -2.28. The predicted molar refractivity (Wildman–Crippen MR) is 92.2 cm³/mol. The van der Waals surface area contributed by atoms with Crippen molar-refractivity contribution in [2.45, 2.75) is 38.3 Å². The molecule has 1 atom stereocenters. The molecule has 1 amide bonds. The Morgan fingerprint density at radius 1 is 1.20 bits per heavy atom. The highest BCUT2D eigenvalue weighted by Gasteiger charge is 2.28. The van der Waals surface area contributed by atoms with E-state index in [0.717, 1.165) is 37.9 Å². The van der Waals surface area contributed by atoms with E-state index < -0.39 is 0 Å². The summed E-state index contributed by atoms with van der Waals surface area (Å²) in [7, 11) is 0. The van der Waals surface area contributed by atoms with E-state index in [2.05, 4.69) is 20.5 Å². The molecule has 134 valence electrons. The Morgan fingerprint density at radius 3 is 2.64 bits per heavy atom. The maximum Gasteiger partial charge on any atom is 0.241 e. The van der Waals surface area contributed by atoms with Gasteiger partial charge in [0, 0.05) is 19.3 Å². The van der Waals surface area contributed by atoms with Crippen LogP contribution in [0.2, 0.25) is 0 Å². The van der Waals surface area contributed by atoms with E-state index in [1.54, 1.807) is 29.2 Å². The van der Waals surface area contributed by atoms with Gasteiger partial charge in [0.2, 0.25) is 5.91 Å². The van der Waals surface area contributed by atoms with Gasteiger partial charge in [-0.1, -0.05) is 23.8 Å². The van der Waals surface area contributed by atoms with Gasteiger partial charge in [-0.25, -0.2) is 4.39 Å². The molecular formula is C18H24FN5O. The third kappa shape index (κ3) is 4.85. The van der Waals surface area contributed by atoms with Crippen LogP contribution in [-0.4, -0.2) is 45.4 Å². The summed E-state index contributed by atoms with van der Waals surface area (Å²) < 4.78 is 15.0. The van der Waals surface area contributed by atoms with E-state index in [1.807, 2.05) is 0 Å². The second-order valence-electron chi connectivity index (χ2n) is 6.36. The lowest BCUT2D eigenvalue weighted by molar-refractivity contribution is -0.127. The maximum atomic E-state index is 13.2. The lowest BCUT2D eigenvalue weighted by atomic mass is 10.0. The molecule has 0 aliphatic carbocycles. The number of hydrogen-bond donors (Lipinski definition) is 1. The minimum Gasteiger partial charge on any atom is -0.354 e. The average molecular weight is 345 g/mol. The van der Waals surface area contributed by atoms with Crippen LogP contribution in [0.15, 0.2) is 36.7 Å². The summed E-state index contributed by atoms with van der Waals surface area (Å²) in [5.74, 6) is -0.304. The number of carbonyl (C=O) groups excluding carboxylic acids is 1. The van der Waals surface area contributed by atoms with Crippen LogP contribution < -0.4 is 5.32 Å². The van der Waals surface area contributed by atoms with Gasteiger partial charge in [-0.3, -0.25) is 14.4 Å². The van der Waals surface area contributed by atoms with Gasteiger partial charge in [-0.2, -0.15) is 0 Å². The molecule has 2 aromatic rings. The molecule has 0 radical (unpaired) electrons. The summed E-state index contributed by atoms with van der Waals surface area (Å²) in [4.78, 5) is 15.0. The van der Waals surface area contributed by atoms with Gasteiger partial charge >= 0.3 is 0 Å².